The Morgan fingerprint density at radius 2 is 2.04 bits per heavy atom. The van der Waals surface area contributed by atoms with Gasteiger partial charge in [-0.3, -0.25) is 4.79 Å². The number of amides is 1. The van der Waals surface area contributed by atoms with Crippen molar-refractivity contribution in [1.82, 2.24) is 15.3 Å². The number of hydrogen-bond donors (Lipinski definition) is 2. The molecule has 0 aliphatic carbocycles. The largest absolute Gasteiger partial charge is 0.355 e. The molecule has 0 unspecified atom stereocenters. The molecule has 0 saturated heterocycles. The number of nitrogens with zero attached hydrogens (tertiary/aromatic N) is 1. The van der Waals surface area contributed by atoms with Crippen LogP contribution in [-0.4, -0.2) is 27.7 Å². The van der Waals surface area contributed by atoms with E-state index in [0.29, 0.717) is 17.5 Å². The molecule has 6 heteroatoms. The Morgan fingerprint density at radius 1 is 1.27 bits per heavy atom. The van der Waals surface area contributed by atoms with Crippen molar-refractivity contribution in [2.45, 2.75) is 36.6 Å². The third-order valence-corrected chi connectivity index (χ3v) is 5.59. The number of nitrogens with one attached hydrogen (secondary N) is 2. The third-order valence-electron chi connectivity index (χ3n) is 4.37. The molecule has 4 nitrogen and oxygen atoms in total. The molecule has 1 aromatic heterocycles. The highest BCUT2D eigenvalue weighted by Gasteiger charge is 2.18. The summed E-state index contributed by atoms with van der Waals surface area (Å²) in [6.45, 7) is 4.67. The normalized spacial score (nSPS) is 13.5. The molecular weight excluding hydrogens is 366 g/mol. The zero-order valence-corrected chi connectivity index (χ0v) is 16.4. The Balaban J connectivity index is 1.58. The van der Waals surface area contributed by atoms with Gasteiger partial charge in [0, 0.05) is 17.5 Å². The molecule has 2 N–H and O–H groups in total. The molecule has 26 heavy (non-hydrogen) atoms. The Labute approximate surface area is 162 Å². The smallest absolute Gasteiger partial charge is 0.233 e. The Kier molecular flexibility index (Phi) is 6.22. The third kappa shape index (κ3) is 4.59. The van der Waals surface area contributed by atoms with E-state index in [-0.39, 0.29) is 11.2 Å². The lowest BCUT2D eigenvalue weighted by molar-refractivity contribution is -0.120. The number of halogens is 1. The molecular formula is C20H22ClN3OS. The first-order valence-corrected chi connectivity index (χ1v) is 9.97. The number of imidazole rings is 1. The summed E-state index contributed by atoms with van der Waals surface area (Å²) in [7, 11) is 0. The van der Waals surface area contributed by atoms with E-state index in [1.54, 1.807) is 0 Å². The van der Waals surface area contributed by atoms with Crippen LogP contribution < -0.4 is 5.32 Å². The van der Waals surface area contributed by atoms with Crippen LogP contribution in [0.25, 0.3) is 11.0 Å². The van der Waals surface area contributed by atoms with Crippen LogP contribution in [-0.2, 0) is 4.79 Å². The summed E-state index contributed by atoms with van der Waals surface area (Å²) in [6, 6.07) is 15.8. The quantitative estimate of drug-likeness (QED) is 0.560. The van der Waals surface area contributed by atoms with E-state index >= 15 is 0 Å². The minimum absolute atomic E-state index is 0.0165. The maximum atomic E-state index is 12.5. The molecule has 0 spiro atoms. The number of H-pyrrole nitrogens is 1. The molecule has 3 rings (SSSR count). The summed E-state index contributed by atoms with van der Waals surface area (Å²) in [4.78, 5) is 20.2. The molecule has 1 amide bonds. The van der Waals surface area contributed by atoms with Gasteiger partial charge in [0.05, 0.1) is 16.3 Å². The van der Waals surface area contributed by atoms with Crippen LogP contribution in [0.2, 0.25) is 5.02 Å². The highest BCUT2D eigenvalue weighted by atomic mass is 35.5. The van der Waals surface area contributed by atoms with Crippen molar-refractivity contribution in [3.8, 4) is 0 Å². The topological polar surface area (TPSA) is 57.8 Å². The van der Waals surface area contributed by atoms with Gasteiger partial charge >= 0.3 is 0 Å². The number of fused-ring (bicyclic) bond motifs is 1. The lowest BCUT2D eigenvalue weighted by Gasteiger charge is -2.17. The van der Waals surface area contributed by atoms with Gasteiger partial charge < -0.3 is 10.3 Å². The highest BCUT2D eigenvalue weighted by Crippen LogP contribution is 2.25. The van der Waals surface area contributed by atoms with Crippen molar-refractivity contribution in [2.24, 2.45) is 0 Å². The predicted octanol–water partition coefficient (Wildman–Crippen LogP) is 5.01. The van der Waals surface area contributed by atoms with Crippen LogP contribution >= 0.6 is 23.4 Å². The molecule has 3 aromatic rings. The van der Waals surface area contributed by atoms with Crippen molar-refractivity contribution in [1.29, 1.82) is 0 Å². The molecule has 0 aliphatic heterocycles. The van der Waals surface area contributed by atoms with E-state index in [2.05, 4.69) is 34.3 Å². The van der Waals surface area contributed by atoms with Gasteiger partial charge in [0.2, 0.25) is 5.91 Å². The monoisotopic (exact) mass is 387 g/mol. The van der Waals surface area contributed by atoms with E-state index in [4.69, 9.17) is 11.6 Å². The van der Waals surface area contributed by atoms with Crippen molar-refractivity contribution >= 4 is 40.3 Å². The molecule has 0 saturated carbocycles. The fourth-order valence-electron chi connectivity index (χ4n) is 2.83. The van der Waals surface area contributed by atoms with Crippen molar-refractivity contribution < 1.29 is 4.79 Å². The first-order valence-electron chi connectivity index (χ1n) is 8.71. The Bertz CT molecular complexity index is 881. The van der Waals surface area contributed by atoms with Crippen LogP contribution in [0.15, 0.2) is 53.7 Å². The maximum Gasteiger partial charge on any atom is 0.233 e. The van der Waals surface area contributed by atoms with Gasteiger partial charge in [-0.05, 0) is 37.1 Å². The zero-order valence-electron chi connectivity index (χ0n) is 14.8. The fourth-order valence-corrected chi connectivity index (χ4v) is 3.84. The second kappa shape index (κ2) is 8.60. The summed E-state index contributed by atoms with van der Waals surface area (Å²) in [6.07, 6.45) is 0.982. The minimum atomic E-state index is -0.237. The molecule has 2 aromatic carbocycles. The standard InChI is InChI=1S/C20H22ClN3OS/c1-3-14(15-7-5-4-6-8-15)12-22-19(25)13(2)26-20-23-17-10-9-16(21)11-18(17)24-20/h4-11,13-14H,3,12H2,1-2H3,(H,22,25)(H,23,24)/t13-,14+/m0/s1. The van der Waals surface area contributed by atoms with E-state index < -0.39 is 0 Å². The second-order valence-corrected chi connectivity index (χ2v) is 7.99. The van der Waals surface area contributed by atoms with Gasteiger partial charge in [0.15, 0.2) is 5.16 Å². The minimum Gasteiger partial charge on any atom is -0.355 e. The molecule has 136 valence electrons. The second-order valence-electron chi connectivity index (χ2n) is 6.22. The van der Waals surface area contributed by atoms with Gasteiger partial charge in [0.25, 0.3) is 0 Å². The number of rotatable bonds is 7. The van der Waals surface area contributed by atoms with Gasteiger partial charge in [-0.25, -0.2) is 4.98 Å². The van der Waals surface area contributed by atoms with Crippen molar-refractivity contribution in [3.05, 3.63) is 59.1 Å². The van der Waals surface area contributed by atoms with Crippen molar-refractivity contribution in [2.75, 3.05) is 6.54 Å². The number of thioether (sulfide) groups is 1. The van der Waals surface area contributed by atoms with Crippen LogP contribution in [0.4, 0.5) is 0 Å². The lowest BCUT2D eigenvalue weighted by Crippen LogP contribution is -2.34. The number of carbonyl (C=O) groups is 1. The average molecular weight is 388 g/mol. The predicted molar refractivity (Wildman–Crippen MR) is 109 cm³/mol. The van der Waals surface area contributed by atoms with Gasteiger partial charge in [0.1, 0.15) is 0 Å². The number of carbonyl (C=O) groups excluding carboxylic acids is 1. The Morgan fingerprint density at radius 3 is 2.77 bits per heavy atom. The van der Waals surface area contributed by atoms with Gasteiger partial charge in [-0.1, -0.05) is 60.6 Å². The number of aromatic amines is 1. The van der Waals surface area contributed by atoms with Crippen LogP contribution in [0.5, 0.6) is 0 Å². The van der Waals surface area contributed by atoms with E-state index in [1.807, 2.05) is 43.3 Å². The first kappa shape index (κ1) is 18.8. The Hall–Kier alpha value is -1.98. The average Bonchev–Trinajstić information content (AvgIpc) is 3.04. The van der Waals surface area contributed by atoms with Crippen LogP contribution in [0.3, 0.4) is 0 Å². The number of aromatic nitrogens is 2. The first-order chi connectivity index (χ1) is 12.6. The lowest BCUT2D eigenvalue weighted by atomic mass is 9.96. The molecule has 0 radical (unpaired) electrons. The van der Waals surface area contributed by atoms with E-state index in [9.17, 15) is 4.79 Å². The van der Waals surface area contributed by atoms with E-state index in [1.165, 1.54) is 17.3 Å². The van der Waals surface area contributed by atoms with E-state index in [0.717, 1.165) is 22.6 Å². The summed E-state index contributed by atoms with van der Waals surface area (Å²) < 4.78 is 0. The summed E-state index contributed by atoms with van der Waals surface area (Å²) in [5, 5.41) is 4.22. The zero-order chi connectivity index (χ0) is 18.5. The number of hydrogen-bond acceptors (Lipinski definition) is 3. The summed E-state index contributed by atoms with van der Waals surface area (Å²) >= 11 is 7.42. The SMILES string of the molecule is CC[C@H](CNC(=O)[C@H](C)Sc1nc2ccc(Cl)cc2[nH]1)c1ccccc1. The maximum absolute atomic E-state index is 12.5. The van der Waals surface area contributed by atoms with Crippen molar-refractivity contribution in [3.63, 3.8) is 0 Å². The van der Waals surface area contributed by atoms with Crippen LogP contribution in [0.1, 0.15) is 31.7 Å². The van der Waals surface area contributed by atoms with Gasteiger partial charge in [-0.15, -0.1) is 0 Å². The summed E-state index contributed by atoms with van der Waals surface area (Å²) in [5.74, 6) is 0.341. The molecule has 0 aliphatic rings. The number of benzene rings is 2. The summed E-state index contributed by atoms with van der Waals surface area (Å²) in [5.41, 5.74) is 2.98. The molecule has 2 atom stereocenters. The molecule has 0 fully saturated rings. The van der Waals surface area contributed by atoms with Gasteiger partial charge in [-0.2, -0.15) is 0 Å². The highest BCUT2D eigenvalue weighted by molar-refractivity contribution is 8.00. The molecule has 1 heterocycles. The molecule has 0 bridgehead atoms. The fraction of sp³-hybridized carbons (Fsp3) is 0.300. The van der Waals surface area contributed by atoms with Crippen LogP contribution in [0, 0.1) is 0 Å².